The molecule has 3 aromatic heterocycles. The molecular formula is C20H20N6S. The second kappa shape index (κ2) is 6.74. The highest BCUT2D eigenvalue weighted by Crippen LogP contribution is 2.38. The van der Waals surface area contributed by atoms with E-state index in [0.29, 0.717) is 0 Å². The van der Waals surface area contributed by atoms with Crippen molar-refractivity contribution >= 4 is 27.4 Å². The minimum Gasteiger partial charge on any atom is -0.346 e. The van der Waals surface area contributed by atoms with Crippen LogP contribution in [-0.4, -0.2) is 31.7 Å². The van der Waals surface area contributed by atoms with Crippen LogP contribution in [0.1, 0.15) is 36.5 Å². The molecule has 0 unspecified atom stereocenters. The van der Waals surface area contributed by atoms with Crippen LogP contribution >= 0.6 is 11.3 Å². The maximum absolute atomic E-state index is 4.79. The molecule has 7 heteroatoms. The zero-order valence-electron chi connectivity index (χ0n) is 15.1. The van der Waals surface area contributed by atoms with Crippen molar-refractivity contribution < 1.29 is 0 Å². The number of aromatic amines is 1. The molecule has 1 N–H and O–H groups in total. The second-order valence-corrected chi connectivity index (χ2v) is 7.86. The van der Waals surface area contributed by atoms with E-state index in [4.69, 9.17) is 4.98 Å². The third-order valence-electron chi connectivity index (χ3n) is 5.08. The van der Waals surface area contributed by atoms with Crippen molar-refractivity contribution in [3.63, 3.8) is 0 Å². The van der Waals surface area contributed by atoms with E-state index < -0.39 is 0 Å². The lowest BCUT2D eigenvalue weighted by molar-refractivity contribution is 0.665. The van der Waals surface area contributed by atoms with Gasteiger partial charge in [-0.2, -0.15) is 5.10 Å². The van der Waals surface area contributed by atoms with Gasteiger partial charge < -0.3 is 4.90 Å². The number of rotatable bonds is 4. The summed E-state index contributed by atoms with van der Waals surface area (Å²) in [6, 6.07) is 12.5. The van der Waals surface area contributed by atoms with Crippen molar-refractivity contribution in [2.24, 2.45) is 0 Å². The summed E-state index contributed by atoms with van der Waals surface area (Å²) >= 11 is 1.76. The monoisotopic (exact) mass is 376 g/mol. The Morgan fingerprint density at radius 1 is 1.22 bits per heavy atom. The van der Waals surface area contributed by atoms with Gasteiger partial charge in [0.05, 0.1) is 11.4 Å². The predicted octanol–water partition coefficient (Wildman–Crippen LogP) is 4.38. The van der Waals surface area contributed by atoms with Crippen LogP contribution < -0.4 is 4.90 Å². The quantitative estimate of drug-likeness (QED) is 0.572. The summed E-state index contributed by atoms with van der Waals surface area (Å²) in [5.74, 6) is 2.66. The molecule has 1 fully saturated rings. The molecule has 1 saturated heterocycles. The standard InChI is InChI=1S/C20H20N6S/c1-2-14-11-15-19(21-12-22-20(15)27-14)26-10-6-9-16(26)18-23-17(24-25-18)13-7-4-3-5-8-13/h3-5,7-8,11-12,16H,2,6,9-10H2,1H3,(H,23,24,25)/t16-/m0/s1. The molecule has 0 amide bonds. The third kappa shape index (κ3) is 2.88. The van der Waals surface area contributed by atoms with Crippen LogP contribution in [0.2, 0.25) is 0 Å². The first-order valence-electron chi connectivity index (χ1n) is 9.31. The Labute approximate surface area is 161 Å². The van der Waals surface area contributed by atoms with Crippen molar-refractivity contribution in [3.05, 3.63) is 53.4 Å². The van der Waals surface area contributed by atoms with Gasteiger partial charge >= 0.3 is 0 Å². The summed E-state index contributed by atoms with van der Waals surface area (Å²) in [5.41, 5.74) is 1.03. The molecule has 1 aliphatic heterocycles. The first-order valence-corrected chi connectivity index (χ1v) is 10.1. The number of thiophene rings is 1. The molecular weight excluding hydrogens is 356 g/mol. The van der Waals surface area contributed by atoms with Gasteiger partial charge in [0.2, 0.25) is 0 Å². The fourth-order valence-electron chi connectivity index (χ4n) is 3.74. The van der Waals surface area contributed by atoms with E-state index in [-0.39, 0.29) is 6.04 Å². The van der Waals surface area contributed by atoms with E-state index in [1.807, 2.05) is 30.3 Å². The Balaban J connectivity index is 1.51. The van der Waals surface area contributed by atoms with E-state index in [2.05, 4.69) is 38.1 Å². The third-order valence-corrected chi connectivity index (χ3v) is 6.27. The lowest BCUT2D eigenvalue weighted by atomic mass is 10.2. The highest BCUT2D eigenvalue weighted by molar-refractivity contribution is 7.18. The number of hydrogen-bond donors (Lipinski definition) is 1. The number of fused-ring (bicyclic) bond motifs is 1. The van der Waals surface area contributed by atoms with E-state index in [1.54, 1.807) is 17.7 Å². The molecule has 4 aromatic rings. The van der Waals surface area contributed by atoms with Crippen LogP contribution in [0, 0.1) is 0 Å². The summed E-state index contributed by atoms with van der Waals surface area (Å²) in [5, 5.41) is 8.76. The minimum atomic E-state index is 0.165. The molecule has 4 heterocycles. The number of benzene rings is 1. The Bertz CT molecular complexity index is 1070. The smallest absolute Gasteiger partial charge is 0.181 e. The molecule has 27 heavy (non-hydrogen) atoms. The van der Waals surface area contributed by atoms with Crippen molar-refractivity contribution in [2.45, 2.75) is 32.2 Å². The molecule has 0 saturated carbocycles. The fourth-order valence-corrected chi connectivity index (χ4v) is 4.67. The number of aromatic nitrogens is 5. The van der Waals surface area contributed by atoms with Crippen molar-refractivity contribution in [3.8, 4) is 11.4 Å². The van der Waals surface area contributed by atoms with Crippen molar-refractivity contribution in [1.29, 1.82) is 0 Å². The van der Waals surface area contributed by atoms with Gasteiger partial charge in [-0.1, -0.05) is 37.3 Å². The zero-order chi connectivity index (χ0) is 18.2. The summed E-state index contributed by atoms with van der Waals surface area (Å²) in [6.45, 7) is 3.14. The number of aryl methyl sites for hydroxylation is 1. The second-order valence-electron chi connectivity index (χ2n) is 6.74. The number of hydrogen-bond acceptors (Lipinski definition) is 6. The summed E-state index contributed by atoms with van der Waals surface area (Å²) < 4.78 is 0. The molecule has 1 aliphatic rings. The van der Waals surface area contributed by atoms with Gasteiger partial charge in [-0.3, -0.25) is 5.10 Å². The Hall–Kier alpha value is -2.80. The maximum atomic E-state index is 4.79. The lowest BCUT2D eigenvalue weighted by Crippen LogP contribution is -2.24. The maximum Gasteiger partial charge on any atom is 0.181 e. The molecule has 0 aliphatic carbocycles. The number of anilines is 1. The summed E-state index contributed by atoms with van der Waals surface area (Å²) in [7, 11) is 0. The molecule has 5 rings (SSSR count). The number of nitrogens with zero attached hydrogens (tertiary/aromatic N) is 5. The first-order chi connectivity index (χ1) is 13.3. The van der Waals surface area contributed by atoms with Crippen molar-refractivity contribution in [2.75, 3.05) is 11.4 Å². The number of H-pyrrole nitrogens is 1. The van der Waals surface area contributed by atoms with Gasteiger partial charge in [0.1, 0.15) is 22.8 Å². The highest BCUT2D eigenvalue weighted by atomic mass is 32.1. The van der Waals surface area contributed by atoms with Gasteiger partial charge in [-0.25, -0.2) is 15.0 Å². The van der Waals surface area contributed by atoms with Gasteiger partial charge in [0.15, 0.2) is 5.82 Å². The SMILES string of the molecule is CCc1cc2c(N3CCC[C@H]3c3nc(-c4ccccc4)n[nH]3)ncnc2s1. The van der Waals surface area contributed by atoms with Gasteiger partial charge in [0.25, 0.3) is 0 Å². The normalized spacial score (nSPS) is 17.1. The Kier molecular flexibility index (Phi) is 4.09. The molecule has 0 radical (unpaired) electrons. The first kappa shape index (κ1) is 16.4. The zero-order valence-corrected chi connectivity index (χ0v) is 15.9. The van der Waals surface area contributed by atoms with Crippen LogP contribution in [0.4, 0.5) is 5.82 Å². The topological polar surface area (TPSA) is 70.6 Å². The van der Waals surface area contributed by atoms with Crippen LogP contribution in [-0.2, 0) is 6.42 Å². The summed E-state index contributed by atoms with van der Waals surface area (Å²) in [4.78, 5) is 18.6. The minimum absolute atomic E-state index is 0.165. The average Bonchev–Trinajstić information content (AvgIpc) is 3.46. The number of nitrogens with one attached hydrogen (secondary N) is 1. The van der Waals surface area contributed by atoms with Gasteiger partial charge in [-0.05, 0) is 25.3 Å². The average molecular weight is 376 g/mol. The molecule has 0 spiro atoms. The van der Waals surface area contributed by atoms with E-state index in [1.165, 1.54) is 4.88 Å². The van der Waals surface area contributed by atoms with Crippen LogP contribution in [0.5, 0.6) is 0 Å². The summed E-state index contributed by atoms with van der Waals surface area (Å²) in [6.07, 6.45) is 4.85. The van der Waals surface area contributed by atoms with Crippen LogP contribution in [0.3, 0.4) is 0 Å². The van der Waals surface area contributed by atoms with E-state index in [9.17, 15) is 0 Å². The lowest BCUT2D eigenvalue weighted by Gasteiger charge is -2.24. The molecule has 1 atom stereocenters. The largest absolute Gasteiger partial charge is 0.346 e. The van der Waals surface area contributed by atoms with E-state index >= 15 is 0 Å². The molecule has 1 aromatic carbocycles. The van der Waals surface area contributed by atoms with Crippen LogP contribution in [0.25, 0.3) is 21.6 Å². The molecule has 6 nitrogen and oxygen atoms in total. The fraction of sp³-hybridized carbons (Fsp3) is 0.300. The Morgan fingerprint density at radius 2 is 2.11 bits per heavy atom. The molecule has 136 valence electrons. The molecule has 0 bridgehead atoms. The van der Waals surface area contributed by atoms with Gasteiger partial charge in [0, 0.05) is 17.0 Å². The predicted molar refractivity (Wildman–Crippen MR) is 108 cm³/mol. The van der Waals surface area contributed by atoms with Crippen LogP contribution in [0.15, 0.2) is 42.7 Å². The Morgan fingerprint density at radius 3 is 2.96 bits per heavy atom. The highest BCUT2D eigenvalue weighted by Gasteiger charge is 2.31. The van der Waals surface area contributed by atoms with Crippen molar-refractivity contribution in [1.82, 2.24) is 25.1 Å². The van der Waals surface area contributed by atoms with E-state index in [0.717, 1.165) is 59.1 Å². The van der Waals surface area contributed by atoms with Gasteiger partial charge in [-0.15, -0.1) is 11.3 Å².